The van der Waals surface area contributed by atoms with Crippen LogP contribution in [0.1, 0.15) is 11.1 Å². The maximum atomic E-state index is 8.87. The van der Waals surface area contributed by atoms with Gasteiger partial charge in [-0.1, -0.05) is 29.4 Å². The second-order valence-electron chi connectivity index (χ2n) is 4.19. The van der Waals surface area contributed by atoms with Crippen molar-refractivity contribution in [1.82, 2.24) is 0 Å². The summed E-state index contributed by atoms with van der Waals surface area (Å²) >= 11 is 1.60. The van der Waals surface area contributed by atoms with Crippen molar-refractivity contribution in [2.45, 2.75) is 11.8 Å². The molecule has 0 aromatic heterocycles. The lowest BCUT2D eigenvalue weighted by Crippen LogP contribution is -2.14. The van der Waals surface area contributed by atoms with Crippen LogP contribution in [0, 0.1) is 6.92 Å². The first-order valence-electron chi connectivity index (χ1n) is 6.05. The molecule has 0 aliphatic heterocycles. The first-order valence-corrected chi connectivity index (χ1v) is 7.28. The van der Waals surface area contributed by atoms with Gasteiger partial charge in [-0.3, -0.25) is 0 Å². The van der Waals surface area contributed by atoms with Crippen molar-refractivity contribution in [3.63, 3.8) is 0 Å². The molecule has 0 heterocycles. The molecular formula is C15H16N2O2S. The van der Waals surface area contributed by atoms with Gasteiger partial charge in [0.05, 0.1) is 5.56 Å². The quantitative estimate of drug-likeness (QED) is 0.296. The number of benzene rings is 2. The third kappa shape index (κ3) is 2.88. The molecule has 0 saturated carbocycles. The number of para-hydroxylation sites is 2. The van der Waals surface area contributed by atoms with Gasteiger partial charge in [0.2, 0.25) is 0 Å². The Bertz CT molecular complexity index is 642. The number of amidine groups is 1. The van der Waals surface area contributed by atoms with Crippen molar-refractivity contribution >= 4 is 17.6 Å². The van der Waals surface area contributed by atoms with E-state index in [1.165, 1.54) is 0 Å². The number of hydrogen-bond acceptors (Lipinski definition) is 4. The number of nitrogens with two attached hydrogens (primary N) is 1. The van der Waals surface area contributed by atoms with Gasteiger partial charge in [0.25, 0.3) is 0 Å². The Morgan fingerprint density at radius 3 is 2.65 bits per heavy atom. The van der Waals surface area contributed by atoms with Crippen LogP contribution < -0.4 is 10.5 Å². The summed E-state index contributed by atoms with van der Waals surface area (Å²) in [5.41, 5.74) is 7.20. The van der Waals surface area contributed by atoms with Crippen LogP contribution in [-0.4, -0.2) is 17.3 Å². The van der Waals surface area contributed by atoms with Gasteiger partial charge in [-0.15, -0.1) is 11.8 Å². The molecule has 0 fully saturated rings. The number of oxime groups is 1. The summed E-state index contributed by atoms with van der Waals surface area (Å²) in [5, 5.41) is 11.9. The fourth-order valence-corrected chi connectivity index (χ4v) is 2.38. The molecule has 3 N–H and O–H groups in total. The number of thioether (sulfide) groups is 1. The SMILES string of the molecule is CSc1ccccc1Oc1c(C)cccc1/C(N)=N/O. The monoisotopic (exact) mass is 288 g/mol. The molecule has 0 spiro atoms. The maximum absolute atomic E-state index is 8.87. The van der Waals surface area contributed by atoms with E-state index in [0.717, 1.165) is 16.2 Å². The van der Waals surface area contributed by atoms with E-state index in [2.05, 4.69) is 5.16 Å². The highest BCUT2D eigenvalue weighted by Crippen LogP contribution is 2.34. The summed E-state index contributed by atoms with van der Waals surface area (Å²) in [5.74, 6) is 1.39. The Morgan fingerprint density at radius 2 is 1.95 bits per heavy atom. The summed E-state index contributed by atoms with van der Waals surface area (Å²) in [6.45, 7) is 1.92. The Balaban J connectivity index is 2.48. The van der Waals surface area contributed by atoms with Crippen LogP contribution in [0.2, 0.25) is 0 Å². The lowest BCUT2D eigenvalue weighted by Gasteiger charge is -2.14. The van der Waals surface area contributed by atoms with Gasteiger partial charge in [-0.25, -0.2) is 0 Å². The van der Waals surface area contributed by atoms with Crippen LogP contribution in [0.3, 0.4) is 0 Å². The van der Waals surface area contributed by atoms with E-state index in [4.69, 9.17) is 15.7 Å². The van der Waals surface area contributed by atoms with Crippen molar-refractivity contribution in [1.29, 1.82) is 0 Å². The highest BCUT2D eigenvalue weighted by atomic mass is 32.2. The zero-order valence-corrected chi connectivity index (χ0v) is 12.1. The Labute approximate surface area is 122 Å². The topological polar surface area (TPSA) is 67.8 Å². The molecule has 0 unspecified atom stereocenters. The van der Waals surface area contributed by atoms with Crippen LogP contribution in [0.25, 0.3) is 0 Å². The summed E-state index contributed by atoms with van der Waals surface area (Å²) in [4.78, 5) is 1.03. The fourth-order valence-electron chi connectivity index (χ4n) is 1.86. The standard InChI is InChI=1S/C15H16N2O2S/c1-10-6-5-7-11(15(16)17-18)14(10)19-12-8-3-4-9-13(12)20-2/h3-9,18H,1-2H3,(H2,16,17). The van der Waals surface area contributed by atoms with E-state index in [1.54, 1.807) is 17.8 Å². The van der Waals surface area contributed by atoms with Crippen LogP contribution in [-0.2, 0) is 0 Å². The number of rotatable bonds is 4. The predicted octanol–water partition coefficient (Wildman–Crippen LogP) is 3.60. The molecule has 104 valence electrons. The van der Waals surface area contributed by atoms with Gasteiger partial charge in [0.1, 0.15) is 11.5 Å². The van der Waals surface area contributed by atoms with Gasteiger partial charge >= 0.3 is 0 Å². The summed E-state index contributed by atoms with van der Waals surface area (Å²) in [6.07, 6.45) is 1.99. The summed E-state index contributed by atoms with van der Waals surface area (Å²) in [6, 6.07) is 13.3. The van der Waals surface area contributed by atoms with E-state index in [0.29, 0.717) is 11.3 Å². The van der Waals surface area contributed by atoms with E-state index in [1.807, 2.05) is 49.6 Å². The lowest BCUT2D eigenvalue weighted by atomic mass is 10.1. The molecule has 4 nitrogen and oxygen atoms in total. The smallest absolute Gasteiger partial charge is 0.173 e. The highest BCUT2D eigenvalue weighted by molar-refractivity contribution is 7.98. The van der Waals surface area contributed by atoms with Crippen molar-refractivity contribution in [3.8, 4) is 11.5 Å². The summed E-state index contributed by atoms with van der Waals surface area (Å²) in [7, 11) is 0. The zero-order valence-electron chi connectivity index (χ0n) is 11.3. The molecule has 2 aromatic carbocycles. The molecular weight excluding hydrogens is 272 g/mol. The second-order valence-corrected chi connectivity index (χ2v) is 5.04. The molecule has 2 rings (SSSR count). The third-order valence-electron chi connectivity index (χ3n) is 2.88. The van der Waals surface area contributed by atoms with E-state index < -0.39 is 0 Å². The molecule has 0 aliphatic rings. The molecule has 0 atom stereocenters. The van der Waals surface area contributed by atoms with Crippen LogP contribution in [0.5, 0.6) is 11.5 Å². The van der Waals surface area contributed by atoms with E-state index >= 15 is 0 Å². The van der Waals surface area contributed by atoms with Crippen LogP contribution >= 0.6 is 11.8 Å². The molecule has 0 radical (unpaired) electrons. The number of nitrogens with zero attached hydrogens (tertiary/aromatic N) is 1. The van der Waals surface area contributed by atoms with Crippen molar-refractivity contribution in [2.24, 2.45) is 10.9 Å². The molecule has 20 heavy (non-hydrogen) atoms. The van der Waals surface area contributed by atoms with Crippen molar-refractivity contribution < 1.29 is 9.94 Å². The average molecular weight is 288 g/mol. The maximum Gasteiger partial charge on any atom is 0.173 e. The molecule has 5 heteroatoms. The van der Waals surface area contributed by atoms with Crippen molar-refractivity contribution in [2.75, 3.05) is 6.26 Å². The largest absolute Gasteiger partial charge is 0.455 e. The van der Waals surface area contributed by atoms with Crippen molar-refractivity contribution in [3.05, 3.63) is 53.6 Å². The first-order chi connectivity index (χ1) is 9.67. The normalized spacial score (nSPS) is 11.4. The van der Waals surface area contributed by atoms with E-state index in [9.17, 15) is 0 Å². The Kier molecular flexibility index (Phi) is 4.53. The first kappa shape index (κ1) is 14.3. The van der Waals surface area contributed by atoms with Gasteiger partial charge in [-0.05, 0) is 36.9 Å². The minimum atomic E-state index is 0.0327. The van der Waals surface area contributed by atoms with Gasteiger partial charge in [0, 0.05) is 4.90 Å². The molecule has 0 saturated heterocycles. The van der Waals surface area contributed by atoms with Gasteiger partial charge in [-0.2, -0.15) is 0 Å². The number of aryl methyl sites for hydroxylation is 1. The van der Waals surface area contributed by atoms with E-state index in [-0.39, 0.29) is 5.84 Å². The lowest BCUT2D eigenvalue weighted by molar-refractivity contribution is 0.318. The fraction of sp³-hybridized carbons (Fsp3) is 0.133. The predicted molar refractivity (Wildman–Crippen MR) is 82.0 cm³/mol. The number of hydrogen-bond donors (Lipinski definition) is 2. The average Bonchev–Trinajstić information content (AvgIpc) is 2.49. The van der Waals surface area contributed by atoms with Gasteiger partial charge < -0.3 is 15.7 Å². The third-order valence-corrected chi connectivity index (χ3v) is 3.65. The van der Waals surface area contributed by atoms with Gasteiger partial charge in [0.15, 0.2) is 5.84 Å². The zero-order chi connectivity index (χ0) is 14.5. The Hall–Kier alpha value is -2.14. The minimum Gasteiger partial charge on any atom is -0.455 e. The Morgan fingerprint density at radius 1 is 1.20 bits per heavy atom. The minimum absolute atomic E-state index is 0.0327. The highest BCUT2D eigenvalue weighted by Gasteiger charge is 2.13. The number of ether oxygens (including phenoxy) is 1. The molecule has 0 amide bonds. The van der Waals surface area contributed by atoms with Crippen LogP contribution in [0.4, 0.5) is 0 Å². The molecule has 0 bridgehead atoms. The summed E-state index contributed by atoms with van der Waals surface area (Å²) < 4.78 is 5.99. The van der Waals surface area contributed by atoms with Crippen LogP contribution in [0.15, 0.2) is 52.5 Å². The molecule has 2 aromatic rings. The second kappa shape index (κ2) is 6.34. The molecule has 0 aliphatic carbocycles.